The molecular formula is C15H14BrF3N2. The van der Waals surface area contributed by atoms with Crippen LogP contribution in [0.15, 0.2) is 41.0 Å². The van der Waals surface area contributed by atoms with Crippen molar-refractivity contribution in [3.8, 4) is 0 Å². The Morgan fingerprint density at radius 3 is 2.33 bits per heavy atom. The quantitative estimate of drug-likeness (QED) is 0.874. The number of alkyl halides is 3. The van der Waals surface area contributed by atoms with Crippen LogP contribution in [-0.4, -0.2) is 12.0 Å². The first-order valence-electron chi connectivity index (χ1n) is 6.29. The molecule has 1 aromatic heterocycles. The fourth-order valence-corrected chi connectivity index (χ4v) is 2.59. The van der Waals surface area contributed by atoms with Gasteiger partial charge in [-0.15, -0.1) is 0 Å². The van der Waals surface area contributed by atoms with Crippen LogP contribution in [-0.2, 0) is 6.18 Å². The molecule has 112 valence electrons. The number of hydrogen-bond acceptors (Lipinski definition) is 2. The minimum absolute atomic E-state index is 0.0376. The van der Waals surface area contributed by atoms with E-state index in [1.54, 1.807) is 19.3 Å². The third kappa shape index (κ3) is 3.63. The van der Waals surface area contributed by atoms with Crippen molar-refractivity contribution in [3.63, 3.8) is 0 Å². The number of aryl methyl sites for hydroxylation is 1. The summed E-state index contributed by atoms with van der Waals surface area (Å²) in [6.07, 6.45) is -2.72. The molecule has 0 aliphatic rings. The van der Waals surface area contributed by atoms with Gasteiger partial charge in [0, 0.05) is 16.4 Å². The van der Waals surface area contributed by atoms with E-state index in [9.17, 15) is 13.2 Å². The molecule has 1 atom stereocenters. The molecule has 2 nitrogen and oxygen atoms in total. The van der Waals surface area contributed by atoms with Crippen LogP contribution in [0.5, 0.6) is 0 Å². The van der Waals surface area contributed by atoms with Gasteiger partial charge in [-0.05, 0) is 43.3 Å². The fourth-order valence-electron chi connectivity index (χ4n) is 2.12. The summed E-state index contributed by atoms with van der Waals surface area (Å²) < 4.78 is 39.0. The van der Waals surface area contributed by atoms with Crippen molar-refractivity contribution in [3.05, 3.63) is 63.4 Å². The van der Waals surface area contributed by atoms with E-state index in [1.807, 2.05) is 19.1 Å². The number of nitrogens with one attached hydrogen (secondary N) is 1. The number of pyridine rings is 1. The summed E-state index contributed by atoms with van der Waals surface area (Å²) in [5.74, 6) is 0. The van der Waals surface area contributed by atoms with Crippen LogP contribution in [0.25, 0.3) is 0 Å². The average Bonchev–Trinajstić information content (AvgIpc) is 2.42. The van der Waals surface area contributed by atoms with Gasteiger partial charge < -0.3 is 5.32 Å². The SMILES string of the molecule is CNC(c1ccc(C)nc1)c1ccc(Br)c(C(F)(F)F)c1. The molecular weight excluding hydrogens is 345 g/mol. The van der Waals surface area contributed by atoms with Crippen molar-refractivity contribution in [1.82, 2.24) is 10.3 Å². The highest BCUT2D eigenvalue weighted by Gasteiger charge is 2.33. The Bertz CT molecular complexity index is 624. The van der Waals surface area contributed by atoms with Crippen LogP contribution >= 0.6 is 15.9 Å². The summed E-state index contributed by atoms with van der Waals surface area (Å²) in [5.41, 5.74) is 1.54. The van der Waals surface area contributed by atoms with E-state index in [0.29, 0.717) is 5.56 Å². The molecule has 0 saturated heterocycles. The van der Waals surface area contributed by atoms with Crippen LogP contribution in [0.3, 0.4) is 0 Å². The molecule has 1 N–H and O–H groups in total. The van der Waals surface area contributed by atoms with Crippen LogP contribution < -0.4 is 5.32 Å². The second-order valence-electron chi connectivity index (χ2n) is 4.69. The zero-order valence-corrected chi connectivity index (χ0v) is 13.1. The van der Waals surface area contributed by atoms with Gasteiger partial charge in [0.1, 0.15) is 0 Å². The lowest BCUT2D eigenvalue weighted by Crippen LogP contribution is -2.19. The van der Waals surface area contributed by atoms with Crippen LogP contribution in [0.1, 0.15) is 28.4 Å². The first kappa shape index (κ1) is 16.0. The lowest BCUT2D eigenvalue weighted by Gasteiger charge is -2.19. The van der Waals surface area contributed by atoms with Crippen molar-refractivity contribution < 1.29 is 13.2 Å². The number of aromatic nitrogens is 1. The van der Waals surface area contributed by atoms with Gasteiger partial charge in [-0.1, -0.05) is 28.1 Å². The molecule has 0 aliphatic heterocycles. The first-order chi connectivity index (χ1) is 9.82. The van der Waals surface area contributed by atoms with Crippen molar-refractivity contribution in [2.24, 2.45) is 0 Å². The van der Waals surface area contributed by atoms with Gasteiger partial charge >= 0.3 is 6.18 Å². The maximum absolute atomic E-state index is 13.0. The average molecular weight is 359 g/mol. The number of nitrogens with zero attached hydrogens (tertiary/aromatic N) is 1. The normalized spacial score (nSPS) is 13.2. The third-order valence-electron chi connectivity index (χ3n) is 3.19. The zero-order valence-electron chi connectivity index (χ0n) is 11.5. The predicted octanol–water partition coefficient (Wildman–Crippen LogP) is 4.48. The molecule has 1 aromatic carbocycles. The summed E-state index contributed by atoms with van der Waals surface area (Å²) in [6, 6.07) is 7.60. The second kappa shape index (κ2) is 6.15. The Labute approximate surface area is 129 Å². The minimum atomic E-state index is -4.39. The Morgan fingerprint density at radius 2 is 1.81 bits per heavy atom. The summed E-state index contributed by atoms with van der Waals surface area (Å²) in [7, 11) is 1.71. The third-order valence-corrected chi connectivity index (χ3v) is 3.88. The van der Waals surface area contributed by atoms with Crippen LogP contribution in [0, 0.1) is 6.92 Å². The summed E-state index contributed by atoms with van der Waals surface area (Å²) in [6.45, 7) is 1.86. The van der Waals surface area contributed by atoms with E-state index >= 15 is 0 Å². The molecule has 0 saturated carbocycles. The summed E-state index contributed by atoms with van der Waals surface area (Å²) in [4.78, 5) is 4.19. The maximum Gasteiger partial charge on any atom is 0.417 e. The van der Waals surface area contributed by atoms with E-state index < -0.39 is 11.7 Å². The summed E-state index contributed by atoms with van der Waals surface area (Å²) in [5, 5.41) is 3.03. The number of halogens is 4. The molecule has 21 heavy (non-hydrogen) atoms. The molecule has 0 radical (unpaired) electrons. The van der Waals surface area contributed by atoms with E-state index in [2.05, 4.69) is 26.2 Å². The highest BCUT2D eigenvalue weighted by molar-refractivity contribution is 9.10. The molecule has 0 bridgehead atoms. The fraction of sp³-hybridized carbons (Fsp3) is 0.267. The van der Waals surface area contributed by atoms with Gasteiger partial charge in [0.15, 0.2) is 0 Å². The molecule has 0 amide bonds. The van der Waals surface area contributed by atoms with Gasteiger partial charge in [0.05, 0.1) is 11.6 Å². The predicted molar refractivity (Wildman–Crippen MR) is 79.0 cm³/mol. The molecule has 2 rings (SSSR count). The van der Waals surface area contributed by atoms with Gasteiger partial charge in [0.25, 0.3) is 0 Å². The molecule has 0 spiro atoms. The Hall–Kier alpha value is -1.40. The highest BCUT2D eigenvalue weighted by atomic mass is 79.9. The Morgan fingerprint density at radius 1 is 1.14 bits per heavy atom. The molecule has 0 fully saturated rings. The molecule has 2 aromatic rings. The van der Waals surface area contributed by atoms with Crippen molar-refractivity contribution >= 4 is 15.9 Å². The van der Waals surface area contributed by atoms with Crippen LogP contribution in [0.2, 0.25) is 0 Å². The van der Waals surface area contributed by atoms with Crippen molar-refractivity contribution in [2.45, 2.75) is 19.1 Å². The van der Waals surface area contributed by atoms with Gasteiger partial charge in [-0.3, -0.25) is 4.98 Å². The second-order valence-corrected chi connectivity index (χ2v) is 5.55. The smallest absolute Gasteiger partial charge is 0.309 e. The van der Waals surface area contributed by atoms with Gasteiger partial charge in [-0.25, -0.2) is 0 Å². The highest BCUT2D eigenvalue weighted by Crippen LogP contribution is 2.37. The van der Waals surface area contributed by atoms with Gasteiger partial charge in [0.2, 0.25) is 0 Å². The lowest BCUT2D eigenvalue weighted by molar-refractivity contribution is -0.138. The number of benzene rings is 1. The number of rotatable bonds is 3. The summed E-state index contributed by atoms with van der Waals surface area (Å²) >= 11 is 2.95. The monoisotopic (exact) mass is 358 g/mol. The Kier molecular flexibility index (Phi) is 4.68. The van der Waals surface area contributed by atoms with Crippen LogP contribution in [0.4, 0.5) is 13.2 Å². The maximum atomic E-state index is 13.0. The molecule has 1 heterocycles. The van der Waals surface area contributed by atoms with Gasteiger partial charge in [-0.2, -0.15) is 13.2 Å². The molecule has 6 heteroatoms. The lowest BCUT2D eigenvalue weighted by atomic mass is 9.98. The zero-order chi connectivity index (χ0) is 15.6. The largest absolute Gasteiger partial charge is 0.417 e. The topological polar surface area (TPSA) is 24.9 Å². The van der Waals surface area contributed by atoms with E-state index in [4.69, 9.17) is 0 Å². The molecule has 0 aliphatic carbocycles. The van der Waals surface area contributed by atoms with Crippen molar-refractivity contribution in [2.75, 3.05) is 7.05 Å². The standard InChI is InChI=1S/C15H14BrF3N2/c1-9-3-4-11(8-21-9)14(20-2)10-5-6-13(16)12(7-10)15(17,18)19/h3-8,14,20H,1-2H3. The first-order valence-corrected chi connectivity index (χ1v) is 7.08. The van der Waals surface area contributed by atoms with E-state index in [0.717, 1.165) is 17.3 Å². The van der Waals surface area contributed by atoms with E-state index in [1.165, 1.54) is 6.07 Å². The van der Waals surface area contributed by atoms with E-state index in [-0.39, 0.29) is 10.5 Å². The van der Waals surface area contributed by atoms with Crippen molar-refractivity contribution in [1.29, 1.82) is 0 Å². The minimum Gasteiger partial charge on any atom is -0.309 e. The molecule has 1 unspecified atom stereocenters. The Balaban J connectivity index is 2.46. The number of hydrogen-bond donors (Lipinski definition) is 1.